The maximum atomic E-state index is 12.5. The molecule has 0 saturated carbocycles. The Balaban J connectivity index is 3.39. The van der Waals surface area contributed by atoms with Gasteiger partial charge in [-0.05, 0) is 0 Å². The fraction of sp³-hybridized carbons (Fsp3) is 0.500. The van der Waals surface area contributed by atoms with Crippen molar-refractivity contribution in [2.24, 2.45) is 0 Å². The van der Waals surface area contributed by atoms with Crippen LogP contribution in [-0.2, 0) is 10.0 Å². The van der Waals surface area contributed by atoms with Gasteiger partial charge in [0, 0.05) is 12.1 Å². The average molecular weight is 356 g/mol. The number of rotatable bonds is 8. The Hall–Kier alpha value is -1.10. The number of ether oxygens (including phenoxy) is 2. The summed E-state index contributed by atoms with van der Waals surface area (Å²) in [6.45, 7) is -2.40. The summed E-state index contributed by atoms with van der Waals surface area (Å²) < 4.78 is 36.9. The third-order valence-electron chi connectivity index (χ3n) is 2.99. The highest BCUT2D eigenvalue weighted by Gasteiger charge is 2.35. The van der Waals surface area contributed by atoms with Crippen LogP contribution < -0.4 is 14.2 Å². The minimum atomic E-state index is -4.24. The van der Waals surface area contributed by atoms with Crippen molar-refractivity contribution in [3.05, 3.63) is 17.2 Å². The Morgan fingerprint density at radius 3 is 2.00 bits per heavy atom. The first kappa shape index (κ1) is 18.9. The van der Waals surface area contributed by atoms with Crippen molar-refractivity contribution in [3.63, 3.8) is 0 Å². The summed E-state index contributed by atoms with van der Waals surface area (Å²) in [4.78, 5) is -0.309. The van der Waals surface area contributed by atoms with E-state index in [-0.39, 0.29) is 21.4 Å². The number of sulfonamides is 1. The molecule has 0 saturated heterocycles. The Morgan fingerprint density at radius 2 is 1.59 bits per heavy atom. The van der Waals surface area contributed by atoms with E-state index in [1.807, 2.05) is 0 Å². The second kappa shape index (κ2) is 7.44. The topological polar surface area (TPSA) is 125 Å². The highest BCUT2D eigenvalue weighted by atomic mass is 35.5. The summed E-state index contributed by atoms with van der Waals surface area (Å²) in [6, 6.07) is 2.40. The lowest BCUT2D eigenvalue weighted by Crippen LogP contribution is -2.56. The van der Waals surface area contributed by atoms with Crippen molar-refractivity contribution < 1.29 is 33.2 Å². The molecule has 0 aliphatic carbocycles. The molecule has 0 spiro atoms. The fourth-order valence-corrected chi connectivity index (χ4v) is 3.40. The minimum Gasteiger partial charge on any atom is -0.495 e. The van der Waals surface area contributed by atoms with Crippen LogP contribution in [0.15, 0.2) is 17.0 Å². The number of hydrogen-bond acceptors (Lipinski definition) is 7. The van der Waals surface area contributed by atoms with Crippen LogP contribution in [0, 0.1) is 0 Å². The molecule has 0 aliphatic rings. The van der Waals surface area contributed by atoms with Gasteiger partial charge in [-0.2, -0.15) is 4.72 Å². The van der Waals surface area contributed by atoms with Gasteiger partial charge in [0.25, 0.3) is 0 Å². The first-order valence-electron chi connectivity index (χ1n) is 6.07. The van der Waals surface area contributed by atoms with E-state index in [0.29, 0.717) is 0 Å². The Labute approximate surface area is 133 Å². The summed E-state index contributed by atoms with van der Waals surface area (Å²) in [5.74, 6) is 0.0476. The van der Waals surface area contributed by atoms with Gasteiger partial charge in [0.2, 0.25) is 10.0 Å². The van der Waals surface area contributed by atoms with Crippen LogP contribution in [0.1, 0.15) is 0 Å². The lowest BCUT2D eigenvalue weighted by atomic mass is 10.1. The van der Waals surface area contributed by atoms with E-state index in [9.17, 15) is 23.7 Å². The lowest BCUT2D eigenvalue weighted by molar-refractivity contribution is 0.0581. The van der Waals surface area contributed by atoms with Crippen LogP contribution in [0.4, 0.5) is 0 Å². The van der Waals surface area contributed by atoms with E-state index in [2.05, 4.69) is 4.72 Å². The molecule has 22 heavy (non-hydrogen) atoms. The van der Waals surface area contributed by atoms with Gasteiger partial charge in [0.1, 0.15) is 21.9 Å². The first-order valence-corrected chi connectivity index (χ1v) is 7.93. The molecule has 8 nitrogen and oxygen atoms in total. The van der Waals surface area contributed by atoms with E-state index < -0.39 is 35.4 Å². The summed E-state index contributed by atoms with van der Waals surface area (Å²) in [6.07, 6.45) is 0. The van der Waals surface area contributed by atoms with Crippen molar-refractivity contribution >= 4 is 21.6 Å². The smallest absolute Gasteiger partial charge is 0.245 e. The van der Waals surface area contributed by atoms with Gasteiger partial charge in [-0.3, -0.25) is 0 Å². The molecular formula is C12H18ClNO7S. The molecule has 1 aromatic rings. The highest BCUT2D eigenvalue weighted by Crippen LogP contribution is 2.35. The molecule has 0 aromatic heterocycles. The molecule has 0 fully saturated rings. The molecule has 0 bridgehead atoms. The molecule has 0 aliphatic heterocycles. The molecule has 0 radical (unpaired) electrons. The van der Waals surface area contributed by atoms with Gasteiger partial charge in [-0.25, -0.2) is 8.42 Å². The Morgan fingerprint density at radius 1 is 1.09 bits per heavy atom. The molecular weight excluding hydrogens is 338 g/mol. The zero-order chi connectivity index (χ0) is 17.0. The van der Waals surface area contributed by atoms with Crippen LogP contribution in [0.25, 0.3) is 0 Å². The third kappa shape index (κ3) is 3.80. The number of aliphatic hydroxyl groups is 3. The lowest BCUT2D eigenvalue weighted by Gasteiger charge is -2.28. The van der Waals surface area contributed by atoms with Crippen LogP contribution in [0.2, 0.25) is 5.02 Å². The normalized spacial score (nSPS) is 12.3. The van der Waals surface area contributed by atoms with E-state index in [1.165, 1.54) is 20.3 Å². The fourth-order valence-electron chi connectivity index (χ4n) is 1.63. The standard InChI is InChI=1S/C12H18ClNO7S/c1-20-9-4-11(10(21-2)3-8(9)13)22(18,19)14-12(5-15,6-16)7-17/h3-4,14-17H,5-7H2,1-2H3. The molecule has 126 valence electrons. The van der Waals surface area contributed by atoms with E-state index in [0.717, 1.165) is 6.07 Å². The van der Waals surface area contributed by atoms with Gasteiger partial charge in [-0.15, -0.1) is 0 Å². The van der Waals surface area contributed by atoms with Crippen LogP contribution in [-0.4, -0.2) is 63.3 Å². The Bertz CT molecular complexity index is 608. The van der Waals surface area contributed by atoms with Crippen LogP contribution in [0.5, 0.6) is 11.5 Å². The highest BCUT2D eigenvalue weighted by molar-refractivity contribution is 7.89. The molecule has 0 amide bonds. The van der Waals surface area contributed by atoms with Crippen molar-refractivity contribution in [1.29, 1.82) is 0 Å². The van der Waals surface area contributed by atoms with Crippen LogP contribution in [0.3, 0.4) is 0 Å². The molecule has 0 unspecified atom stereocenters. The second-order valence-electron chi connectivity index (χ2n) is 4.50. The third-order valence-corrected chi connectivity index (χ3v) is 4.88. The number of nitrogens with one attached hydrogen (secondary N) is 1. The van der Waals surface area contributed by atoms with E-state index in [1.54, 1.807) is 0 Å². The predicted octanol–water partition coefficient (Wildman–Crippen LogP) is -0.649. The number of aliphatic hydroxyl groups excluding tert-OH is 3. The quantitative estimate of drug-likeness (QED) is 0.488. The minimum absolute atomic E-state index is 0.0546. The van der Waals surface area contributed by atoms with Gasteiger partial charge in [0.05, 0.1) is 39.1 Å². The van der Waals surface area contributed by atoms with Gasteiger partial charge in [0.15, 0.2) is 0 Å². The second-order valence-corrected chi connectivity index (χ2v) is 6.56. The molecule has 1 rings (SSSR count). The van der Waals surface area contributed by atoms with Crippen molar-refractivity contribution in [2.45, 2.75) is 10.4 Å². The molecule has 4 N–H and O–H groups in total. The predicted molar refractivity (Wildman–Crippen MR) is 78.9 cm³/mol. The zero-order valence-corrected chi connectivity index (χ0v) is 13.6. The van der Waals surface area contributed by atoms with Crippen molar-refractivity contribution in [3.8, 4) is 11.5 Å². The summed E-state index contributed by atoms with van der Waals surface area (Å²) in [5.41, 5.74) is -1.81. The maximum Gasteiger partial charge on any atom is 0.245 e. The SMILES string of the molecule is COc1cc(S(=O)(=O)NC(CO)(CO)CO)c(OC)cc1Cl. The van der Waals surface area contributed by atoms with E-state index in [4.69, 9.17) is 21.1 Å². The Kier molecular flexibility index (Phi) is 6.41. The van der Waals surface area contributed by atoms with Gasteiger partial charge >= 0.3 is 0 Å². The van der Waals surface area contributed by atoms with Gasteiger partial charge in [-0.1, -0.05) is 11.6 Å². The summed E-state index contributed by atoms with van der Waals surface area (Å²) in [5, 5.41) is 27.9. The largest absolute Gasteiger partial charge is 0.495 e. The number of methoxy groups -OCH3 is 2. The van der Waals surface area contributed by atoms with Crippen LogP contribution >= 0.6 is 11.6 Å². The van der Waals surface area contributed by atoms with Gasteiger partial charge < -0.3 is 24.8 Å². The maximum absolute atomic E-state index is 12.5. The average Bonchev–Trinajstić information content (AvgIpc) is 2.52. The molecule has 0 atom stereocenters. The number of halogens is 1. The monoisotopic (exact) mass is 355 g/mol. The number of hydrogen-bond donors (Lipinski definition) is 4. The molecule has 0 heterocycles. The summed E-state index contributed by atoms with van der Waals surface area (Å²) >= 11 is 5.91. The van der Waals surface area contributed by atoms with E-state index >= 15 is 0 Å². The number of benzene rings is 1. The summed E-state index contributed by atoms with van der Waals surface area (Å²) in [7, 11) is -1.67. The molecule has 1 aromatic carbocycles. The first-order chi connectivity index (χ1) is 10.3. The van der Waals surface area contributed by atoms with Crippen molar-refractivity contribution in [1.82, 2.24) is 4.72 Å². The zero-order valence-electron chi connectivity index (χ0n) is 12.0. The van der Waals surface area contributed by atoms with Crippen molar-refractivity contribution in [2.75, 3.05) is 34.0 Å². The molecule has 10 heteroatoms.